The summed E-state index contributed by atoms with van der Waals surface area (Å²) in [4.78, 5) is 31.2. The zero-order valence-corrected chi connectivity index (χ0v) is 27.6. The Bertz CT molecular complexity index is 1790. The summed E-state index contributed by atoms with van der Waals surface area (Å²) in [6.45, 7) is 5.88. The molecule has 252 valence electrons. The molecular formula is C37H36ClF3N2O5. The number of hydrogen-bond acceptors (Lipinski definition) is 5. The maximum absolute atomic E-state index is 13.6. The average molecular weight is 681 g/mol. The normalized spacial score (nSPS) is 14.6. The van der Waals surface area contributed by atoms with Crippen molar-refractivity contribution >= 4 is 23.7 Å². The third-order valence-corrected chi connectivity index (χ3v) is 8.41. The lowest BCUT2D eigenvalue weighted by Gasteiger charge is -2.36. The SMILES string of the molecule is CC(C)(C)OC(=O)N(CCc1ccccc1OCc1ccc(-c2ccc(C(F)(F)F)cc2)cc1Cl)C1CCCc2nc(C(=O)O)ccc21. The first kappa shape index (κ1) is 34.8. The number of nitrogens with zero attached hydrogens (tertiary/aromatic N) is 2. The highest BCUT2D eigenvalue weighted by molar-refractivity contribution is 6.31. The molecule has 1 N–H and O–H groups in total. The lowest BCUT2D eigenvalue weighted by molar-refractivity contribution is -0.137. The molecule has 5 rings (SSSR count). The second-order valence-electron chi connectivity index (χ2n) is 12.6. The molecule has 3 aromatic carbocycles. The van der Waals surface area contributed by atoms with Gasteiger partial charge >= 0.3 is 18.2 Å². The number of aryl methyl sites for hydroxylation is 1. The van der Waals surface area contributed by atoms with Gasteiger partial charge in [-0.1, -0.05) is 60.1 Å². The van der Waals surface area contributed by atoms with E-state index in [4.69, 9.17) is 21.1 Å². The third-order valence-electron chi connectivity index (χ3n) is 8.06. The second-order valence-corrected chi connectivity index (χ2v) is 13.1. The molecule has 0 radical (unpaired) electrons. The minimum absolute atomic E-state index is 0.0290. The van der Waals surface area contributed by atoms with Gasteiger partial charge in [-0.05, 0) is 99.0 Å². The fourth-order valence-electron chi connectivity index (χ4n) is 5.72. The van der Waals surface area contributed by atoms with Crippen molar-refractivity contribution in [3.05, 3.63) is 118 Å². The van der Waals surface area contributed by atoms with Crippen LogP contribution in [0.4, 0.5) is 18.0 Å². The zero-order valence-electron chi connectivity index (χ0n) is 26.8. The Hall–Kier alpha value is -4.57. The molecule has 7 nitrogen and oxygen atoms in total. The molecule has 1 aliphatic carbocycles. The van der Waals surface area contributed by atoms with Gasteiger partial charge in [0.1, 0.15) is 23.7 Å². The van der Waals surface area contributed by atoms with Crippen molar-refractivity contribution in [1.29, 1.82) is 0 Å². The Morgan fingerprint density at radius 3 is 2.33 bits per heavy atom. The number of aromatic nitrogens is 1. The van der Waals surface area contributed by atoms with Crippen LogP contribution in [-0.2, 0) is 30.4 Å². The zero-order chi connectivity index (χ0) is 34.6. The number of fused-ring (bicyclic) bond motifs is 1. The van der Waals surface area contributed by atoms with Gasteiger partial charge in [-0.2, -0.15) is 13.2 Å². The number of ether oxygens (including phenoxy) is 2. The summed E-state index contributed by atoms with van der Waals surface area (Å²) in [5.41, 5.74) is 2.86. The minimum atomic E-state index is -4.41. The van der Waals surface area contributed by atoms with Gasteiger partial charge in [0.05, 0.1) is 11.6 Å². The highest BCUT2D eigenvalue weighted by atomic mass is 35.5. The van der Waals surface area contributed by atoms with E-state index >= 15 is 0 Å². The molecule has 11 heteroatoms. The summed E-state index contributed by atoms with van der Waals surface area (Å²) in [6, 6.07) is 20.6. The summed E-state index contributed by atoms with van der Waals surface area (Å²) >= 11 is 6.58. The van der Waals surface area contributed by atoms with Gasteiger partial charge in [0, 0.05) is 22.8 Å². The summed E-state index contributed by atoms with van der Waals surface area (Å²) in [5.74, 6) is -0.488. The molecule has 0 spiro atoms. The van der Waals surface area contributed by atoms with Gasteiger partial charge in [0.15, 0.2) is 0 Å². The highest BCUT2D eigenvalue weighted by Crippen LogP contribution is 2.36. The van der Waals surface area contributed by atoms with Crippen LogP contribution in [0.5, 0.6) is 5.75 Å². The molecule has 1 amide bonds. The van der Waals surface area contributed by atoms with E-state index in [2.05, 4.69) is 4.98 Å². The Balaban J connectivity index is 1.32. The molecular weight excluding hydrogens is 645 g/mol. The first-order valence-electron chi connectivity index (χ1n) is 15.6. The maximum atomic E-state index is 13.6. The van der Waals surface area contributed by atoms with Crippen molar-refractivity contribution in [2.45, 2.75) is 70.9 Å². The molecule has 4 aromatic rings. The molecule has 0 aliphatic heterocycles. The van der Waals surface area contributed by atoms with E-state index in [0.717, 1.165) is 29.7 Å². The number of halogens is 4. The Labute approximate surface area is 282 Å². The molecule has 1 unspecified atom stereocenters. The lowest BCUT2D eigenvalue weighted by Crippen LogP contribution is -2.41. The van der Waals surface area contributed by atoms with Crippen LogP contribution in [0.25, 0.3) is 11.1 Å². The van der Waals surface area contributed by atoms with Crippen molar-refractivity contribution in [1.82, 2.24) is 9.88 Å². The Morgan fingerprint density at radius 2 is 1.67 bits per heavy atom. The van der Waals surface area contributed by atoms with Crippen LogP contribution in [0.2, 0.25) is 5.02 Å². The van der Waals surface area contributed by atoms with Crippen molar-refractivity contribution < 1.29 is 37.3 Å². The third kappa shape index (κ3) is 8.47. The van der Waals surface area contributed by atoms with Crippen molar-refractivity contribution in [3.63, 3.8) is 0 Å². The smallest absolute Gasteiger partial charge is 0.416 e. The first-order chi connectivity index (χ1) is 22.7. The number of carboxylic acids is 1. The largest absolute Gasteiger partial charge is 0.489 e. The number of carboxylic acid groups (broad SMARTS) is 1. The predicted octanol–water partition coefficient (Wildman–Crippen LogP) is 9.56. The van der Waals surface area contributed by atoms with Gasteiger partial charge in [-0.3, -0.25) is 0 Å². The lowest BCUT2D eigenvalue weighted by atomic mass is 9.89. The number of alkyl halides is 3. The van der Waals surface area contributed by atoms with Crippen LogP contribution in [-0.4, -0.2) is 39.2 Å². The van der Waals surface area contributed by atoms with Crippen LogP contribution in [0, 0.1) is 0 Å². The minimum Gasteiger partial charge on any atom is -0.489 e. The molecule has 1 heterocycles. The number of amides is 1. The monoisotopic (exact) mass is 680 g/mol. The van der Waals surface area contributed by atoms with E-state index in [0.29, 0.717) is 59.0 Å². The van der Waals surface area contributed by atoms with Crippen LogP contribution in [0.15, 0.2) is 78.9 Å². The quantitative estimate of drug-likeness (QED) is 0.189. The molecule has 0 saturated heterocycles. The maximum Gasteiger partial charge on any atom is 0.416 e. The number of rotatable bonds is 9. The molecule has 0 saturated carbocycles. The molecule has 0 fully saturated rings. The van der Waals surface area contributed by atoms with E-state index in [1.54, 1.807) is 29.2 Å². The topological polar surface area (TPSA) is 89.0 Å². The first-order valence-corrected chi connectivity index (χ1v) is 16.0. The Morgan fingerprint density at radius 1 is 0.958 bits per heavy atom. The van der Waals surface area contributed by atoms with Crippen molar-refractivity contribution in [3.8, 4) is 16.9 Å². The molecule has 48 heavy (non-hydrogen) atoms. The number of benzene rings is 3. The van der Waals surface area contributed by atoms with Crippen molar-refractivity contribution in [2.75, 3.05) is 6.54 Å². The summed E-state index contributed by atoms with van der Waals surface area (Å²) in [7, 11) is 0. The number of aromatic carboxylic acids is 1. The van der Waals surface area contributed by atoms with E-state index < -0.39 is 29.4 Å². The predicted molar refractivity (Wildman–Crippen MR) is 176 cm³/mol. The highest BCUT2D eigenvalue weighted by Gasteiger charge is 2.33. The number of hydrogen-bond donors (Lipinski definition) is 1. The van der Waals surface area contributed by atoms with Gasteiger partial charge < -0.3 is 19.5 Å². The number of para-hydroxylation sites is 1. The van der Waals surface area contributed by atoms with E-state index in [1.807, 2.05) is 45.0 Å². The average Bonchev–Trinajstić information content (AvgIpc) is 3.03. The van der Waals surface area contributed by atoms with Crippen LogP contribution in [0.1, 0.15) is 78.1 Å². The number of carbonyl (C=O) groups is 2. The van der Waals surface area contributed by atoms with Crippen molar-refractivity contribution in [2.24, 2.45) is 0 Å². The van der Waals surface area contributed by atoms with Crippen LogP contribution < -0.4 is 4.74 Å². The van der Waals surface area contributed by atoms with Gasteiger partial charge in [0.2, 0.25) is 0 Å². The van der Waals surface area contributed by atoms with E-state index in [1.165, 1.54) is 18.2 Å². The standard InChI is InChI=1S/C37H36ClF3N2O5/c1-36(2,3)48-35(46)43(32-9-6-8-30-28(32)17-18-31(42-30)34(44)45)20-19-24-7-4-5-10-33(24)47-22-26-12-11-25(21-29(26)38)23-13-15-27(16-14-23)37(39,40)41/h4-5,7,10-18,21,32H,6,8-9,19-20,22H2,1-3H3,(H,44,45). The fourth-order valence-corrected chi connectivity index (χ4v) is 5.95. The second kappa shape index (κ2) is 14.3. The van der Waals surface area contributed by atoms with Gasteiger partial charge in [0.25, 0.3) is 0 Å². The molecule has 1 atom stereocenters. The van der Waals surface area contributed by atoms with Crippen LogP contribution >= 0.6 is 11.6 Å². The fraction of sp³-hybridized carbons (Fsp3) is 0.324. The van der Waals surface area contributed by atoms with Gasteiger partial charge in [-0.25, -0.2) is 14.6 Å². The van der Waals surface area contributed by atoms with E-state index in [-0.39, 0.29) is 18.3 Å². The summed E-state index contributed by atoms with van der Waals surface area (Å²) < 4.78 is 50.9. The summed E-state index contributed by atoms with van der Waals surface area (Å²) in [6.07, 6.45) is -2.39. The number of carbonyl (C=O) groups excluding carboxylic acids is 1. The number of pyridine rings is 1. The molecule has 0 bridgehead atoms. The van der Waals surface area contributed by atoms with Crippen LogP contribution in [0.3, 0.4) is 0 Å². The summed E-state index contributed by atoms with van der Waals surface area (Å²) in [5, 5.41) is 9.85. The van der Waals surface area contributed by atoms with Gasteiger partial charge in [-0.15, -0.1) is 0 Å². The molecule has 1 aliphatic rings. The van der Waals surface area contributed by atoms with E-state index in [9.17, 15) is 27.9 Å². The Kier molecular flexibility index (Phi) is 10.3. The molecule has 1 aromatic heterocycles.